The molecule has 2 aromatic rings. The molecule has 3 atom stereocenters. The van der Waals surface area contributed by atoms with E-state index in [-0.39, 0.29) is 60.9 Å². The van der Waals surface area contributed by atoms with Crippen molar-refractivity contribution in [2.24, 2.45) is 0 Å². The highest BCUT2D eigenvalue weighted by molar-refractivity contribution is 9.10. The number of alkyl halides is 3. The average Bonchev–Trinajstić information content (AvgIpc) is 3.38. The summed E-state index contributed by atoms with van der Waals surface area (Å²) in [5, 5.41) is 9.34. The van der Waals surface area contributed by atoms with Gasteiger partial charge in [0.05, 0.1) is 40.1 Å². The molecule has 3 aliphatic heterocycles. The zero-order valence-corrected chi connectivity index (χ0v) is 25.5. The SMILES string of the molecule is CN1CCCC1(CC#N)COc1nc(N2CC3CCC(C2)N3C(=O)OC(C)(C)C)c2cc(C(F)(F)F)c(Br)c(F)c2n1. The molecule has 9 nitrogen and oxygen atoms in total. The van der Waals surface area contributed by atoms with Gasteiger partial charge in [0.15, 0.2) is 5.82 Å². The number of piperazine rings is 1. The average molecular weight is 658 g/mol. The number of fused-ring (bicyclic) bond motifs is 3. The summed E-state index contributed by atoms with van der Waals surface area (Å²) in [6, 6.07) is 2.34. The maximum Gasteiger partial charge on any atom is 0.417 e. The summed E-state index contributed by atoms with van der Waals surface area (Å²) in [6.07, 6.45) is -2.11. The lowest BCUT2D eigenvalue weighted by Gasteiger charge is -2.42. The van der Waals surface area contributed by atoms with Gasteiger partial charge in [0, 0.05) is 18.5 Å². The van der Waals surface area contributed by atoms with Crippen LogP contribution in [0.1, 0.15) is 58.4 Å². The first-order chi connectivity index (χ1) is 19.6. The lowest BCUT2D eigenvalue weighted by molar-refractivity contribution is -0.138. The smallest absolute Gasteiger partial charge is 0.417 e. The van der Waals surface area contributed by atoms with Gasteiger partial charge in [0.2, 0.25) is 0 Å². The number of likely N-dealkylation sites (N-methyl/N-ethyl adjacent to an activating group) is 1. The number of anilines is 1. The summed E-state index contributed by atoms with van der Waals surface area (Å²) in [6.45, 7) is 6.72. The van der Waals surface area contributed by atoms with Crippen LogP contribution in [0, 0.1) is 17.1 Å². The first kappa shape index (κ1) is 30.5. The summed E-state index contributed by atoms with van der Waals surface area (Å²) >= 11 is 2.78. The Labute approximate surface area is 249 Å². The molecule has 0 saturated carbocycles. The molecule has 14 heteroatoms. The standard InChI is InChI=1S/C28H33BrF4N6O3/c1-26(2,3)42-25(40)39-16-6-7-17(39)14-38(13-16)23-18-12-19(28(31,32)33)20(29)21(30)22(18)35-24(36-23)41-15-27(9-10-34)8-5-11-37(27)4/h12,16-17H,5-9,11,13-15H2,1-4H3. The Kier molecular flexibility index (Phi) is 7.98. The Morgan fingerprint density at radius 2 is 1.88 bits per heavy atom. The van der Waals surface area contributed by atoms with Gasteiger partial charge >= 0.3 is 18.3 Å². The van der Waals surface area contributed by atoms with Crippen LogP contribution in [0.2, 0.25) is 0 Å². The van der Waals surface area contributed by atoms with E-state index < -0.39 is 39.3 Å². The molecule has 5 rings (SSSR count). The third-order valence-corrected chi connectivity index (χ3v) is 9.12. The number of hydrogen-bond donors (Lipinski definition) is 0. The Morgan fingerprint density at radius 1 is 1.21 bits per heavy atom. The van der Waals surface area contributed by atoms with Gasteiger partial charge in [-0.2, -0.15) is 28.4 Å². The van der Waals surface area contributed by atoms with E-state index in [9.17, 15) is 23.2 Å². The number of nitrogens with zero attached hydrogens (tertiary/aromatic N) is 6. The number of likely N-dealkylation sites (tertiary alicyclic amines) is 1. The fourth-order valence-corrected chi connectivity index (χ4v) is 6.77. The highest BCUT2D eigenvalue weighted by atomic mass is 79.9. The number of rotatable bonds is 5. The number of halogens is 5. The normalized spacial score (nSPS) is 24.8. The van der Waals surface area contributed by atoms with E-state index in [2.05, 4.69) is 32.0 Å². The van der Waals surface area contributed by atoms with Crippen LogP contribution in [0.4, 0.5) is 28.2 Å². The summed E-state index contributed by atoms with van der Waals surface area (Å²) in [5.74, 6) is -1.07. The molecule has 0 radical (unpaired) electrons. The minimum Gasteiger partial charge on any atom is -0.461 e. The molecule has 2 bridgehead atoms. The first-order valence-electron chi connectivity index (χ1n) is 13.9. The number of nitriles is 1. The molecule has 1 amide bonds. The molecule has 228 valence electrons. The number of amides is 1. The molecule has 1 aromatic heterocycles. The minimum absolute atomic E-state index is 0.0586. The third kappa shape index (κ3) is 5.69. The van der Waals surface area contributed by atoms with Gasteiger partial charge in [-0.15, -0.1) is 0 Å². The van der Waals surface area contributed by atoms with E-state index in [1.54, 1.807) is 30.6 Å². The molecule has 0 spiro atoms. The number of ether oxygens (including phenoxy) is 2. The second-order valence-electron chi connectivity index (χ2n) is 12.3. The Morgan fingerprint density at radius 3 is 2.43 bits per heavy atom. The van der Waals surface area contributed by atoms with Gasteiger partial charge in [-0.1, -0.05) is 0 Å². The van der Waals surface area contributed by atoms with Crippen LogP contribution in [-0.4, -0.2) is 82.4 Å². The van der Waals surface area contributed by atoms with Crippen molar-refractivity contribution in [3.05, 3.63) is 21.9 Å². The Balaban J connectivity index is 1.54. The molecule has 42 heavy (non-hydrogen) atoms. The fraction of sp³-hybridized carbons (Fsp3) is 0.643. The summed E-state index contributed by atoms with van der Waals surface area (Å²) in [5.41, 5.74) is -2.75. The van der Waals surface area contributed by atoms with Gasteiger partial charge in [-0.25, -0.2) is 9.18 Å². The first-order valence-corrected chi connectivity index (χ1v) is 14.7. The van der Waals surface area contributed by atoms with E-state index in [1.807, 2.05) is 11.9 Å². The monoisotopic (exact) mass is 656 g/mol. The molecular weight excluding hydrogens is 624 g/mol. The van der Waals surface area contributed by atoms with Crippen molar-refractivity contribution in [2.45, 2.75) is 82.3 Å². The molecule has 0 N–H and O–H groups in total. The molecule has 3 unspecified atom stereocenters. The van der Waals surface area contributed by atoms with Crippen LogP contribution in [0.15, 0.2) is 10.5 Å². The maximum absolute atomic E-state index is 15.6. The molecule has 1 aromatic carbocycles. The van der Waals surface area contributed by atoms with Crippen LogP contribution in [0.25, 0.3) is 10.9 Å². The minimum atomic E-state index is -4.83. The topological polar surface area (TPSA) is 94.8 Å². The van der Waals surface area contributed by atoms with Gasteiger partial charge in [0.25, 0.3) is 0 Å². The molecule has 4 heterocycles. The summed E-state index contributed by atoms with van der Waals surface area (Å²) < 4.78 is 68.1. The highest BCUT2D eigenvalue weighted by Gasteiger charge is 2.46. The zero-order chi connectivity index (χ0) is 30.6. The third-order valence-electron chi connectivity index (χ3n) is 8.35. The Hall–Kier alpha value is -2.92. The lowest BCUT2D eigenvalue weighted by atomic mass is 9.94. The predicted molar refractivity (Wildman–Crippen MR) is 150 cm³/mol. The van der Waals surface area contributed by atoms with Gasteiger partial charge in [-0.3, -0.25) is 9.80 Å². The van der Waals surface area contributed by atoms with E-state index in [0.717, 1.165) is 19.0 Å². The van der Waals surface area contributed by atoms with Crippen molar-refractivity contribution in [1.82, 2.24) is 19.8 Å². The maximum atomic E-state index is 15.6. The summed E-state index contributed by atoms with van der Waals surface area (Å²) in [7, 11) is 1.90. The Bertz CT molecular complexity index is 1410. The van der Waals surface area contributed by atoms with E-state index >= 15 is 4.39 Å². The number of hydrogen-bond acceptors (Lipinski definition) is 8. The van der Waals surface area contributed by atoms with Crippen LogP contribution in [-0.2, 0) is 10.9 Å². The van der Waals surface area contributed by atoms with Crippen molar-refractivity contribution in [3.63, 3.8) is 0 Å². The van der Waals surface area contributed by atoms with Crippen molar-refractivity contribution in [2.75, 3.05) is 38.2 Å². The number of benzene rings is 1. The second-order valence-corrected chi connectivity index (χ2v) is 13.1. The van der Waals surface area contributed by atoms with Crippen molar-refractivity contribution >= 4 is 38.7 Å². The van der Waals surface area contributed by atoms with E-state index in [4.69, 9.17) is 9.47 Å². The molecular formula is C28H33BrF4N6O3. The highest BCUT2D eigenvalue weighted by Crippen LogP contribution is 2.43. The van der Waals surface area contributed by atoms with Gasteiger partial charge in [0.1, 0.15) is 23.5 Å². The zero-order valence-electron chi connectivity index (χ0n) is 23.9. The van der Waals surface area contributed by atoms with Crippen LogP contribution < -0.4 is 9.64 Å². The van der Waals surface area contributed by atoms with Crippen LogP contribution >= 0.6 is 15.9 Å². The van der Waals surface area contributed by atoms with Gasteiger partial charge in [-0.05, 0) is 82.0 Å². The lowest BCUT2D eigenvalue weighted by Crippen LogP contribution is -2.57. The van der Waals surface area contributed by atoms with Crippen molar-refractivity contribution in [1.29, 1.82) is 5.26 Å². The second kappa shape index (κ2) is 11.0. The van der Waals surface area contributed by atoms with Crippen LogP contribution in [0.3, 0.4) is 0 Å². The van der Waals surface area contributed by atoms with Gasteiger partial charge < -0.3 is 14.4 Å². The molecule has 3 saturated heterocycles. The van der Waals surface area contributed by atoms with E-state index in [1.165, 1.54) is 0 Å². The largest absolute Gasteiger partial charge is 0.461 e. The van der Waals surface area contributed by atoms with E-state index in [0.29, 0.717) is 19.3 Å². The fourth-order valence-electron chi connectivity index (χ4n) is 6.24. The molecule has 3 fully saturated rings. The molecule has 0 aliphatic carbocycles. The van der Waals surface area contributed by atoms with Crippen molar-refractivity contribution in [3.8, 4) is 12.1 Å². The quantitative estimate of drug-likeness (QED) is 0.368. The van der Waals surface area contributed by atoms with Crippen LogP contribution in [0.5, 0.6) is 6.01 Å². The number of carbonyl (C=O) groups excluding carboxylic acids is 1. The predicted octanol–water partition coefficient (Wildman–Crippen LogP) is 5.90. The number of carbonyl (C=O) groups is 1. The summed E-state index contributed by atoms with van der Waals surface area (Å²) in [4.78, 5) is 27.2. The molecule has 3 aliphatic rings. The number of aromatic nitrogens is 2. The van der Waals surface area contributed by atoms with Crippen molar-refractivity contribution < 1.29 is 31.8 Å².